The first-order valence-electron chi connectivity index (χ1n) is 11.6. The van der Waals surface area contributed by atoms with Gasteiger partial charge in [0.05, 0.1) is 12.2 Å². The van der Waals surface area contributed by atoms with E-state index in [1.54, 1.807) is 0 Å². The van der Waals surface area contributed by atoms with Crippen molar-refractivity contribution >= 4 is 11.9 Å². The molecule has 212 valence electrons. The molecule has 0 aliphatic carbocycles. The molecule has 4 heterocycles. The molecule has 1 saturated heterocycles. The van der Waals surface area contributed by atoms with Crippen LogP contribution in [0, 0.1) is 0 Å². The van der Waals surface area contributed by atoms with Gasteiger partial charge in [-0.15, -0.1) is 10.2 Å². The molecule has 0 bridgehead atoms. The number of piperidine rings is 1. The summed E-state index contributed by atoms with van der Waals surface area (Å²) in [6, 6.07) is 6.14. The van der Waals surface area contributed by atoms with Crippen LogP contribution in [0.25, 0.3) is 0 Å². The standard InChI is InChI=1S/C18H26N6.2C2HF3O2/c1-4-9-22(10-5-1)15-18-21-20-17-7-11-23(12-13-24(17)18)14-16-6-2-3-8-19-16;2*3-2(4,5)1(6)7/h2-3,6,8H,1,4-5,7,9-15H2;2*(H,6,7). The van der Waals surface area contributed by atoms with Crippen LogP contribution < -0.4 is 0 Å². The Balaban J connectivity index is 0.000000301. The Bertz CT molecular complexity index is 1000. The van der Waals surface area contributed by atoms with E-state index in [-0.39, 0.29) is 0 Å². The molecule has 0 unspecified atom stereocenters. The van der Waals surface area contributed by atoms with Crippen LogP contribution in [0.3, 0.4) is 0 Å². The van der Waals surface area contributed by atoms with Crippen molar-refractivity contribution in [2.75, 3.05) is 26.2 Å². The van der Waals surface area contributed by atoms with Crippen molar-refractivity contribution in [1.82, 2.24) is 29.5 Å². The third-order valence-corrected chi connectivity index (χ3v) is 5.61. The molecule has 4 rings (SSSR count). The molecule has 2 aromatic rings. The summed E-state index contributed by atoms with van der Waals surface area (Å²) >= 11 is 0. The third-order valence-electron chi connectivity index (χ3n) is 5.61. The maximum absolute atomic E-state index is 10.6. The van der Waals surface area contributed by atoms with Crippen molar-refractivity contribution in [3.63, 3.8) is 0 Å². The van der Waals surface area contributed by atoms with Gasteiger partial charge in [-0.05, 0) is 38.1 Å². The maximum Gasteiger partial charge on any atom is 0.490 e. The molecule has 0 spiro atoms. The van der Waals surface area contributed by atoms with E-state index in [1.807, 2.05) is 12.3 Å². The van der Waals surface area contributed by atoms with Crippen LogP contribution in [0.4, 0.5) is 26.3 Å². The number of aliphatic carboxylic acids is 2. The summed E-state index contributed by atoms with van der Waals surface area (Å²) in [5.41, 5.74) is 1.14. The van der Waals surface area contributed by atoms with E-state index in [0.717, 1.165) is 56.5 Å². The molecular weight excluding hydrogens is 526 g/mol. The van der Waals surface area contributed by atoms with E-state index in [9.17, 15) is 26.3 Å². The monoisotopic (exact) mass is 554 g/mol. The zero-order chi connectivity index (χ0) is 28.3. The van der Waals surface area contributed by atoms with Crippen LogP contribution in [0.2, 0.25) is 0 Å². The number of likely N-dealkylation sites (tertiary alicyclic amines) is 1. The SMILES string of the molecule is O=C(O)C(F)(F)F.O=C(O)C(F)(F)F.c1ccc(CN2CCc3nnc(CN4CCCCC4)n3CC2)nc1. The lowest BCUT2D eigenvalue weighted by Crippen LogP contribution is -2.31. The van der Waals surface area contributed by atoms with Gasteiger partial charge in [-0.25, -0.2) is 9.59 Å². The van der Waals surface area contributed by atoms with Gasteiger partial charge in [-0.2, -0.15) is 26.3 Å². The normalized spacial score (nSPS) is 16.7. The minimum atomic E-state index is -5.08. The van der Waals surface area contributed by atoms with Gasteiger partial charge >= 0.3 is 24.3 Å². The number of carboxylic acids is 2. The molecule has 0 radical (unpaired) electrons. The highest BCUT2D eigenvalue weighted by molar-refractivity contribution is 5.73. The van der Waals surface area contributed by atoms with Crippen molar-refractivity contribution in [3.8, 4) is 0 Å². The molecule has 10 nitrogen and oxygen atoms in total. The molecule has 2 aromatic heterocycles. The highest BCUT2D eigenvalue weighted by atomic mass is 19.4. The van der Waals surface area contributed by atoms with Crippen molar-refractivity contribution in [1.29, 1.82) is 0 Å². The van der Waals surface area contributed by atoms with Crippen molar-refractivity contribution in [2.45, 2.75) is 57.7 Å². The van der Waals surface area contributed by atoms with Gasteiger partial charge in [0, 0.05) is 38.8 Å². The lowest BCUT2D eigenvalue weighted by molar-refractivity contribution is -0.193. The number of pyridine rings is 1. The van der Waals surface area contributed by atoms with E-state index in [0.29, 0.717) is 0 Å². The predicted molar refractivity (Wildman–Crippen MR) is 120 cm³/mol. The van der Waals surface area contributed by atoms with Gasteiger partial charge < -0.3 is 14.8 Å². The molecule has 2 aliphatic heterocycles. The number of fused-ring (bicyclic) bond motifs is 1. The van der Waals surface area contributed by atoms with Gasteiger partial charge in [0.1, 0.15) is 11.6 Å². The van der Waals surface area contributed by atoms with Crippen LogP contribution in [-0.2, 0) is 35.6 Å². The fraction of sp³-hybridized carbons (Fsp3) is 0.591. The summed E-state index contributed by atoms with van der Waals surface area (Å²) in [6.45, 7) is 7.32. The van der Waals surface area contributed by atoms with Crippen LogP contribution >= 0.6 is 0 Å². The molecule has 2 N–H and O–H groups in total. The van der Waals surface area contributed by atoms with Crippen LogP contribution in [0.15, 0.2) is 24.4 Å². The zero-order valence-electron chi connectivity index (χ0n) is 20.2. The second-order valence-corrected chi connectivity index (χ2v) is 8.47. The van der Waals surface area contributed by atoms with Gasteiger partial charge in [0.15, 0.2) is 0 Å². The van der Waals surface area contributed by atoms with E-state index in [2.05, 4.69) is 41.7 Å². The highest BCUT2D eigenvalue weighted by Crippen LogP contribution is 2.16. The first-order chi connectivity index (χ1) is 17.8. The number of carboxylic acid groups (broad SMARTS) is 2. The molecule has 16 heteroatoms. The van der Waals surface area contributed by atoms with Crippen molar-refractivity contribution in [3.05, 3.63) is 41.7 Å². The van der Waals surface area contributed by atoms with Crippen molar-refractivity contribution in [2.24, 2.45) is 0 Å². The molecule has 0 saturated carbocycles. The Morgan fingerprint density at radius 2 is 1.37 bits per heavy atom. The van der Waals surface area contributed by atoms with Crippen LogP contribution in [-0.4, -0.2) is 90.2 Å². The summed E-state index contributed by atoms with van der Waals surface area (Å²) in [5.74, 6) is -3.22. The average molecular weight is 554 g/mol. The number of halogens is 6. The number of alkyl halides is 6. The zero-order valence-corrected chi connectivity index (χ0v) is 20.2. The minimum absolute atomic E-state index is 0.917. The molecule has 38 heavy (non-hydrogen) atoms. The second kappa shape index (κ2) is 14.0. The molecule has 0 aromatic carbocycles. The lowest BCUT2D eigenvalue weighted by Gasteiger charge is -2.26. The second-order valence-electron chi connectivity index (χ2n) is 8.47. The fourth-order valence-corrected chi connectivity index (χ4v) is 3.74. The fourth-order valence-electron chi connectivity index (χ4n) is 3.74. The Labute approximate surface area is 213 Å². The highest BCUT2D eigenvalue weighted by Gasteiger charge is 2.38. The maximum atomic E-state index is 10.6. The first kappa shape index (κ1) is 31.0. The minimum Gasteiger partial charge on any atom is -0.475 e. The predicted octanol–water partition coefficient (Wildman–Crippen LogP) is 2.98. The molecule has 1 fully saturated rings. The quantitative estimate of drug-likeness (QED) is 0.549. The lowest BCUT2D eigenvalue weighted by atomic mass is 10.1. The number of hydrogen-bond donors (Lipinski definition) is 2. The Hall–Kier alpha value is -3.27. The molecule has 0 atom stereocenters. The number of carbonyl (C=O) groups is 2. The Morgan fingerprint density at radius 3 is 1.89 bits per heavy atom. The van der Waals surface area contributed by atoms with Gasteiger partial charge in [-0.3, -0.25) is 14.8 Å². The van der Waals surface area contributed by atoms with Gasteiger partial charge in [-0.1, -0.05) is 12.5 Å². The van der Waals surface area contributed by atoms with Gasteiger partial charge in [0.25, 0.3) is 0 Å². The smallest absolute Gasteiger partial charge is 0.475 e. The Morgan fingerprint density at radius 1 is 0.789 bits per heavy atom. The summed E-state index contributed by atoms with van der Waals surface area (Å²) in [7, 11) is 0. The van der Waals surface area contributed by atoms with Gasteiger partial charge in [0.2, 0.25) is 0 Å². The Kier molecular flexibility index (Phi) is 11.4. The summed E-state index contributed by atoms with van der Waals surface area (Å²) in [4.78, 5) is 27.2. The third kappa shape index (κ3) is 10.6. The largest absolute Gasteiger partial charge is 0.490 e. The van der Waals surface area contributed by atoms with E-state index in [1.165, 1.54) is 32.4 Å². The number of hydrogen-bond acceptors (Lipinski definition) is 7. The van der Waals surface area contributed by atoms with Crippen molar-refractivity contribution < 1.29 is 46.1 Å². The topological polar surface area (TPSA) is 125 Å². The molecule has 0 amide bonds. The molecular formula is C22H28F6N6O4. The number of rotatable bonds is 4. The van der Waals surface area contributed by atoms with Crippen LogP contribution in [0.1, 0.15) is 36.6 Å². The van der Waals surface area contributed by atoms with E-state index >= 15 is 0 Å². The van der Waals surface area contributed by atoms with Crippen LogP contribution in [0.5, 0.6) is 0 Å². The number of nitrogens with zero attached hydrogens (tertiary/aromatic N) is 6. The summed E-state index contributed by atoms with van der Waals surface area (Å²) < 4.78 is 65.8. The average Bonchev–Trinajstić information content (AvgIpc) is 3.11. The number of aromatic nitrogens is 4. The van der Waals surface area contributed by atoms with E-state index in [4.69, 9.17) is 19.8 Å². The summed E-state index contributed by atoms with van der Waals surface area (Å²) in [5, 5.41) is 23.2. The molecule has 2 aliphatic rings. The first-order valence-corrected chi connectivity index (χ1v) is 11.6. The summed E-state index contributed by atoms with van der Waals surface area (Å²) in [6.07, 6.45) is -3.31. The van der Waals surface area contributed by atoms with E-state index < -0.39 is 24.3 Å².